The van der Waals surface area contributed by atoms with Gasteiger partial charge in [0.25, 0.3) is 0 Å². The maximum atomic E-state index is 4.55. The van der Waals surface area contributed by atoms with Crippen molar-refractivity contribution >= 4 is 6.21 Å². The summed E-state index contributed by atoms with van der Waals surface area (Å²) in [6, 6.07) is 0.553. The van der Waals surface area contributed by atoms with Crippen LogP contribution >= 0.6 is 0 Å². The quantitative estimate of drug-likeness (QED) is 0.557. The van der Waals surface area contributed by atoms with E-state index in [1.165, 1.54) is 25.7 Å². The standard InChI is InChI=1S/C11H21N/c1-4-5-6-10(3)12-8-11-7-9(11)2/h8-11H,4-7H2,1-3H3/t9-,10?,11?/m0/s1. The molecule has 0 N–H and O–H groups in total. The SMILES string of the molecule is CCCCC(C)N=CC1C[C@@H]1C. The molecule has 0 saturated heterocycles. The average molecular weight is 167 g/mol. The Morgan fingerprint density at radius 1 is 1.58 bits per heavy atom. The molecule has 1 heteroatoms. The molecule has 70 valence electrons. The van der Waals surface area contributed by atoms with Crippen molar-refractivity contribution in [2.75, 3.05) is 0 Å². The predicted molar refractivity (Wildman–Crippen MR) is 54.8 cm³/mol. The molecule has 0 aromatic rings. The Balaban J connectivity index is 2.08. The van der Waals surface area contributed by atoms with E-state index in [1.807, 2.05) is 0 Å². The van der Waals surface area contributed by atoms with Gasteiger partial charge in [0.05, 0.1) is 0 Å². The predicted octanol–water partition coefficient (Wildman–Crippen LogP) is 3.29. The first kappa shape index (κ1) is 9.76. The Morgan fingerprint density at radius 3 is 2.75 bits per heavy atom. The van der Waals surface area contributed by atoms with Gasteiger partial charge in [-0.15, -0.1) is 0 Å². The molecule has 12 heavy (non-hydrogen) atoms. The number of unbranched alkanes of at least 4 members (excludes halogenated alkanes) is 1. The molecule has 0 amide bonds. The highest BCUT2D eigenvalue weighted by atomic mass is 14.8. The van der Waals surface area contributed by atoms with Crippen molar-refractivity contribution in [2.45, 2.75) is 52.5 Å². The second-order valence-electron chi connectivity index (χ2n) is 4.17. The molecule has 3 atom stereocenters. The van der Waals surface area contributed by atoms with Crippen molar-refractivity contribution in [3.8, 4) is 0 Å². The molecule has 1 nitrogen and oxygen atoms in total. The van der Waals surface area contributed by atoms with Gasteiger partial charge >= 0.3 is 0 Å². The molecule has 0 bridgehead atoms. The molecule has 1 aliphatic carbocycles. The van der Waals surface area contributed by atoms with Crippen LogP contribution in [0.1, 0.15) is 46.5 Å². The zero-order valence-corrected chi connectivity index (χ0v) is 8.59. The number of hydrogen-bond acceptors (Lipinski definition) is 1. The fraction of sp³-hybridized carbons (Fsp3) is 0.909. The average Bonchev–Trinajstić information content (AvgIpc) is 2.75. The van der Waals surface area contributed by atoms with E-state index < -0.39 is 0 Å². The first-order chi connectivity index (χ1) is 5.74. The summed E-state index contributed by atoms with van der Waals surface area (Å²) in [4.78, 5) is 4.55. The van der Waals surface area contributed by atoms with Crippen molar-refractivity contribution in [1.82, 2.24) is 0 Å². The van der Waals surface area contributed by atoms with Crippen LogP contribution in [-0.2, 0) is 0 Å². The minimum absolute atomic E-state index is 0.553. The lowest BCUT2D eigenvalue weighted by Gasteiger charge is -2.03. The summed E-state index contributed by atoms with van der Waals surface area (Å²) in [5, 5.41) is 0. The van der Waals surface area contributed by atoms with Crippen molar-refractivity contribution in [3.63, 3.8) is 0 Å². The molecule has 2 unspecified atom stereocenters. The van der Waals surface area contributed by atoms with Crippen LogP contribution in [0.2, 0.25) is 0 Å². The minimum atomic E-state index is 0.553. The Hall–Kier alpha value is -0.330. The molecule has 0 aromatic heterocycles. The Kier molecular flexibility index (Phi) is 3.77. The van der Waals surface area contributed by atoms with Crippen molar-refractivity contribution in [2.24, 2.45) is 16.8 Å². The second-order valence-corrected chi connectivity index (χ2v) is 4.17. The molecular formula is C11H21N. The van der Waals surface area contributed by atoms with E-state index in [1.54, 1.807) is 0 Å². The van der Waals surface area contributed by atoms with Crippen molar-refractivity contribution < 1.29 is 0 Å². The summed E-state index contributed by atoms with van der Waals surface area (Å²) >= 11 is 0. The summed E-state index contributed by atoms with van der Waals surface area (Å²) in [5.74, 6) is 1.72. The molecule has 1 rings (SSSR count). The van der Waals surface area contributed by atoms with Gasteiger partial charge in [0.15, 0.2) is 0 Å². The van der Waals surface area contributed by atoms with Gasteiger partial charge in [-0.05, 0) is 31.6 Å². The summed E-state index contributed by atoms with van der Waals surface area (Å²) in [7, 11) is 0. The molecule has 0 aliphatic heterocycles. The van der Waals surface area contributed by atoms with E-state index in [0.717, 1.165) is 11.8 Å². The van der Waals surface area contributed by atoms with Crippen LogP contribution in [0.15, 0.2) is 4.99 Å². The van der Waals surface area contributed by atoms with Crippen LogP contribution in [0.25, 0.3) is 0 Å². The van der Waals surface area contributed by atoms with E-state index in [2.05, 4.69) is 32.0 Å². The van der Waals surface area contributed by atoms with Crippen molar-refractivity contribution in [1.29, 1.82) is 0 Å². The molecule has 1 fully saturated rings. The topological polar surface area (TPSA) is 12.4 Å². The summed E-state index contributed by atoms with van der Waals surface area (Å²) < 4.78 is 0. The first-order valence-electron chi connectivity index (χ1n) is 5.27. The largest absolute Gasteiger partial charge is 0.294 e. The fourth-order valence-electron chi connectivity index (χ4n) is 1.39. The lowest BCUT2D eigenvalue weighted by Crippen LogP contribution is -1.98. The fourth-order valence-corrected chi connectivity index (χ4v) is 1.39. The van der Waals surface area contributed by atoms with E-state index in [9.17, 15) is 0 Å². The third-order valence-electron chi connectivity index (χ3n) is 2.68. The zero-order valence-electron chi connectivity index (χ0n) is 8.59. The Labute approximate surface area is 76.3 Å². The zero-order chi connectivity index (χ0) is 8.97. The highest BCUT2D eigenvalue weighted by Gasteiger charge is 2.30. The molecule has 0 spiro atoms. The number of rotatable bonds is 5. The molecular weight excluding hydrogens is 146 g/mol. The van der Waals surface area contributed by atoms with Gasteiger partial charge < -0.3 is 0 Å². The minimum Gasteiger partial charge on any atom is -0.294 e. The molecule has 0 heterocycles. The lowest BCUT2D eigenvalue weighted by molar-refractivity contribution is 0.617. The Morgan fingerprint density at radius 2 is 2.25 bits per heavy atom. The molecule has 0 aromatic carbocycles. The maximum absolute atomic E-state index is 4.55. The number of nitrogens with zero attached hydrogens (tertiary/aromatic N) is 1. The van der Waals surface area contributed by atoms with E-state index in [-0.39, 0.29) is 0 Å². The molecule has 0 radical (unpaired) electrons. The van der Waals surface area contributed by atoms with Gasteiger partial charge in [0, 0.05) is 12.3 Å². The smallest absolute Gasteiger partial charge is 0.0467 e. The third-order valence-corrected chi connectivity index (χ3v) is 2.68. The van der Waals surface area contributed by atoms with Gasteiger partial charge in [-0.2, -0.15) is 0 Å². The van der Waals surface area contributed by atoms with Gasteiger partial charge in [0.2, 0.25) is 0 Å². The van der Waals surface area contributed by atoms with Crippen LogP contribution in [0.3, 0.4) is 0 Å². The van der Waals surface area contributed by atoms with E-state index in [0.29, 0.717) is 6.04 Å². The summed E-state index contributed by atoms with van der Waals surface area (Å²) in [5.41, 5.74) is 0. The number of aliphatic imine (C=N–C) groups is 1. The normalized spacial score (nSPS) is 30.9. The lowest BCUT2D eigenvalue weighted by atomic mass is 10.1. The van der Waals surface area contributed by atoms with E-state index >= 15 is 0 Å². The third kappa shape index (κ3) is 3.38. The van der Waals surface area contributed by atoms with Crippen LogP contribution in [0.5, 0.6) is 0 Å². The van der Waals surface area contributed by atoms with Crippen LogP contribution in [0.4, 0.5) is 0 Å². The van der Waals surface area contributed by atoms with Crippen LogP contribution in [-0.4, -0.2) is 12.3 Å². The highest BCUT2D eigenvalue weighted by molar-refractivity contribution is 5.64. The monoisotopic (exact) mass is 167 g/mol. The molecule has 1 saturated carbocycles. The van der Waals surface area contributed by atoms with Gasteiger partial charge in [-0.3, -0.25) is 4.99 Å². The van der Waals surface area contributed by atoms with Crippen molar-refractivity contribution in [3.05, 3.63) is 0 Å². The van der Waals surface area contributed by atoms with Gasteiger partial charge in [-0.1, -0.05) is 26.7 Å². The summed E-state index contributed by atoms with van der Waals surface area (Å²) in [6.45, 7) is 6.76. The van der Waals surface area contributed by atoms with E-state index in [4.69, 9.17) is 0 Å². The highest BCUT2D eigenvalue weighted by Crippen LogP contribution is 2.35. The van der Waals surface area contributed by atoms with Crippen LogP contribution < -0.4 is 0 Å². The first-order valence-corrected chi connectivity index (χ1v) is 5.27. The second kappa shape index (κ2) is 4.64. The van der Waals surface area contributed by atoms with Gasteiger partial charge in [-0.25, -0.2) is 0 Å². The van der Waals surface area contributed by atoms with Crippen LogP contribution in [0, 0.1) is 11.8 Å². The van der Waals surface area contributed by atoms with Gasteiger partial charge in [0.1, 0.15) is 0 Å². The Bertz CT molecular complexity index is 151. The number of hydrogen-bond donors (Lipinski definition) is 0. The summed E-state index contributed by atoms with van der Waals surface area (Å²) in [6.07, 6.45) is 7.42. The maximum Gasteiger partial charge on any atom is 0.0467 e. The molecule has 1 aliphatic rings.